The van der Waals surface area contributed by atoms with Gasteiger partial charge in [0.1, 0.15) is 11.4 Å². The standard InChI is InChI=1S/C14H11BrCl2F3N3O2/c1-13(2,3)11-10(23(24)25)12(15)22(21-11)9-7(16)4-6(5-8(9)17)14(18,19)20/h4-5H,1-3H3. The van der Waals surface area contributed by atoms with Gasteiger partial charge in [0.15, 0.2) is 4.60 Å². The molecule has 0 radical (unpaired) electrons. The van der Waals surface area contributed by atoms with Crippen LogP contribution in [0.1, 0.15) is 32.0 Å². The number of hydrogen-bond acceptors (Lipinski definition) is 3. The van der Waals surface area contributed by atoms with Crippen LogP contribution in [0.25, 0.3) is 5.69 Å². The van der Waals surface area contributed by atoms with Gasteiger partial charge in [0.2, 0.25) is 0 Å². The minimum absolute atomic E-state index is 0.0639. The van der Waals surface area contributed by atoms with E-state index in [0.29, 0.717) is 12.1 Å². The van der Waals surface area contributed by atoms with Crippen LogP contribution in [0.3, 0.4) is 0 Å². The molecule has 0 spiro atoms. The van der Waals surface area contributed by atoms with Crippen LogP contribution in [-0.2, 0) is 11.6 Å². The van der Waals surface area contributed by atoms with E-state index in [-0.39, 0.29) is 31.7 Å². The van der Waals surface area contributed by atoms with Gasteiger partial charge in [-0.15, -0.1) is 0 Å². The molecule has 1 aromatic heterocycles. The largest absolute Gasteiger partial charge is 0.416 e. The second kappa shape index (κ2) is 6.44. The zero-order valence-corrected chi connectivity index (χ0v) is 16.2. The topological polar surface area (TPSA) is 61.0 Å². The van der Waals surface area contributed by atoms with E-state index >= 15 is 0 Å². The Labute approximate surface area is 159 Å². The third kappa shape index (κ3) is 3.78. The second-order valence-corrected chi connectivity index (χ2v) is 7.76. The Morgan fingerprint density at radius 1 is 1.20 bits per heavy atom. The van der Waals surface area contributed by atoms with Gasteiger partial charge >= 0.3 is 11.9 Å². The molecule has 0 unspecified atom stereocenters. The maximum atomic E-state index is 12.9. The zero-order chi connectivity index (χ0) is 19.3. The minimum Gasteiger partial charge on any atom is -0.258 e. The van der Waals surface area contributed by atoms with Gasteiger partial charge in [-0.05, 0) is 28.1 Å². The van der Waals surface area contributed by atoms with Gasteiger partial charge in [-0.1, -0.05) is 44.0 Å². The molecule has 0 aliphatic rings. The highest BCUT2D eigenvalue weighted by Crippen LogP contribution is 2.42. The number of alkyl halides is 3. The van der Waals surface area contributed by atoms with Gasteiger partial charge in [0, 0.05) is 5.41 Å². The number of aromatic nitrogens is 2. The molecule has 0 aliphatic heterocycles. The average Bonchev–Trinajstić information content (AvgIpc) is 2.75. The molecule has 25 heavy (non-hydrogen) atoms. The summed E-state index contributed by atoms with van der Waals surface area (Å²) >= 11 is 15.0. The van der Waals surface area contributed by atoms with Crippen LogP contribution >= 0.6 is 39.1 Å². The van der Waals surface area contributed by atoms with E-state index in [1.807, 2.05) is 0 Å². The van der Waals surface area contributed by atoms with Crippen LogP contribution in [-0.4, -0.2) is 14.7 Å². The molecule has 0 saturated carbocycles. The van der Waals surface area contributed by atoms with Gasteiger partial charge in [-0.2, -0.15) is 18.3 Å². The highest BCUT2D eigenvalue weighted by atomic mass is 79.9. The Hall–Kier alpha value is -1.32. The van der Waals surface area contributed by atoms with Crippen LogP contribution in [0.15, 0.2) is 16.7 Å². The molecule has 1 heterocycles. The first kappa shape index (κ1) is 20.0. The molecule has 5 nitrogen and oxygen atoms in total. The highest BCUT2D eigenvalue weighted by molar-refractivity contribution is 9.10. The Morgan fingerprint density at radius 2 is 1.68 bits per heavy atom. The van der Waals surface area contributed by atoms with E-state index in [9.17, 15) is 23.3 Å². The predicted octanol–water partition coefficient (Wildman–Crippen LogP) is 6.17. The minimum atomic E-state index is -4.63. The molecule has 0 amide bonds. The first-order valence-corrected chi connectivity index (χ1v) is 8.30. The quantitative estimate of drug-likeness (QED) is 0.398. The summed E-state index contributed by atoms with van der Waals surface area (Å²) in [7, 11) is 0. The normalized spacial score (nSPS) is 12.5. The lowest BCUT2D eigenvalue weighted by molar-refractivity contribution is -0.386. The summed E-state index contributed by atoms with van der Waals surface area (Å²) in [5, 5.41) is 14.9. The van der Waals surface area contributed by atoms with Crippen LogP contribution in [0.4, 0.5) is 18.9 Å². The molecular weight excluding hydrogens is 450 g/mol. The first-order valence-electron chi connectivity index (χ1n) is 6.75. The first-order chi connectivity index (χ1) is 11.2. The predicted molar refractivity (Wildman–Crippen MR) is 91.6 cm³/mol. The Kier molecular flexibility index (Phi) is 5.15. The molecule has 0 atom stereocenters. The van der Waals surface area contributed by atoms with E-state index in [1.165, 1.54) is 0 Å². The molecule has 0 saturated heterocycles. The summed E-state index contributed by atoms with van der Waals surface area (Å²) in [6.07, 6.45) is -4.63. The van der Waals surface area contributed by atoms with E-state index in [1.54, 1.807) is 20.8 Å². The monoisotopic (exact) mass is 459 g/mol. The Morgan fingerprint density at radius 3 is 2.00 bits per heavy atom. The fourth-order valence-electron chi connectivity index (χ4n) is 2.14. The van der Waals surface area contributed by atoms with E-state index in [0.717, 1.165) is 4.68 Å². The van der Waals surface area contributed by atoms with E-state index in [2.05, 4.69) is 21.0 Å². The lowest BCUT2D eigenvalue weighted by atomic mass is 9.91. The van der Waals surface area contributed by atoms with Gasteiger partial charge in [-0.3, -0.25) is 10.1 Å². The summed E-state index contributed by atoms with van der Waals surface area (Å²) < 4.78 is 39.5. The average molecular weight is 461 g/mol. The second-order valence-electron chi connectivity index (χ2n) is 6.19. The van der Waals surface area contributed by atoms with Gasteiger partial charge < -0.3 is 0 Å². The Balaban J connectivity index is 2.78. The third-order valence-corrected chi connectivity index (χ3v) is 4.54. The van der Waals surface area contributed by atoms with Gasteiger partial charge in [-0.25, -0.2) is 4.68 Å². The van der Waals surface area contributed by atoms with Crippen molar-refractivity contribution in [3.63, 3.8) is 0 Å². The number of benzene rings is 1. The Bertz CT molecular complexity index is 837. The number of nitro groups is 1. The molecule has 2 rings (SSSR count). The molecule has 1 aromatic carbocycles. The highest BCUT2D eigenvalue weighted by Gasteiger charge is 2.36. The molecule has 2 aromatic rings. The van der Waals surface area contributed by atoms with Gasteiger partial charge in [0.25, 0.3) is 0 Å². The molecule has 11 heteroatoms. The fraction of sp³-hybridized carbons (Fsp3) is 0.357. The SMILES string of the molecule is CC(C)(C)c1nn(-c2c(Cl)cc(C(F)(F)F)cc2Cl)c(Br)c1[N+](=O)[O-]. The van der Waals surface area contributed by atoms with Crippen molar-refractivity contribution in [3.8, 4) is 5.69 Å². The van der Waals surface area contributed by atoms with Gasteiger partial charge in [0.05, 0.1) is 20.5 Å². The fourth-order valence-corrected chi connectivity index (χ4v) is 3.37. The van der Waals surface area contributed by atoms with Crippen LogP contribution in [0, 0.1) is 10.1 Å². The van der Waals surface area contributed by atoms with Crippen LogP contribution < -0.4 is 0 Å². The van der Waals surface area contributed by atoms with Crippen molar-refractivity contribution in [1.82, 2.24) is 9.78 Å². The molecular formula is C14H11BrCl2F3N3O2. The number of hydrogen-bond donors (Lipinski definition) is 0. The van der Waals surface area contributed by atoms with Crippen molar-refractivity contribution in [2.75, 3.05) is 0 Å². The van der Waals surface area contributed by atoms with Crippen molar-refractivity contribution in [2.45, 2.75) is 32.4 Å². The van der Waals surface area contributed by atoms with Crippen molar-refractivity contribution in [1.29, 1.82) is 0 Å². The summed E-state index contributed by atoms with van der Waals surface area (Å²) in [4.78, 5) is 10.8. The summed E-state index contributed by atoms with van der Waals surface area (Å²) in [5.74, 6) is 0. The maximum Gasteiger partial charge on any atom is 0.416 e. The maximum absolute atomic E-state index is 12.9. The molecule has 0 N–H and O–H groups in total. The lowest BCUT2D eigenvalue weighted by Gasteiger charge is -2.14. The van der Waals surface area contributed by atoms with E-state index < -0.39 is 22.1 Å². The molecule has 136 valence electrons. The van der Waals surface area contributed by atoms with Crippen molar-refractivity contribution >= 4 is 44.8 Å². The summed E-state index contributed by atoms with van der Waals surface area (Å²) in [6, 6.07) is 1.39. The smallest absolute Gasteiger partial charge is 0.258 e. The van der Waals surface area contributed by atoms with Crippen molar-refractivity contribution in [2.24, 2.45) is 0 Å². The molecule has 0 bridgehead atoms. The van der Waals surface area contributed by atoms with Crippen LogP contribution in [0.5, 0.6) is 0 Å². The summed E-state index contributed by atoms with van der Waals surface area (Å²) in [6.45, 7) is 5.15. The number of nitrogens with zero attached hydrogens (tertiary/aromatic N) is 3. The third-order valence-electron chi connectivity index (χ3n) is 3.25. The summed E-state index contributed by atoms with van der Waals surface area (Å²) in [5.41, 5.74) is -1.97. The van der Waals surface area contributed by atoms with Crippen molar-refractivity contribution < 1.29 is 18.1 Å². The zero-order valence-electron chi connectivity index (χ0n) is 13.1. The number of rotatable bonds is 2. The van der Waals surface area contributed by atoms with E-state index in [4.69, 9.17) is 23.2 Å². The number of halogens is 6. The van der Waals surface area contributed by atoms with Crippen LogP contribution in [0.2, 0.25) is 10.0 Å². The lowest BCUT2D eigenvalue weighted by Crippen LogP contribution is -2.14. The van der Waals surface area contributed by atoms with Crippen molar-refractivity contribution in [3.05, 3.63) is 48.2 Å². The molecule has 0 fully saturated rings. The molecule has 0 aliphatic carbocycles.